The van der Waals surface area contributed by atoms with Crippen molar-refractivity contribution in [2.24, 2.45) is 0 Å². The molecule has 382 valence electrons. The van der Waals surface area contributed by atoms with Gasteiger partial charge in [-0.15, -0.1) is 11.3 Å². The second-order valence-corrected chi connectivity index (χ2v) is 22.6. The summed E-state index contributed by atoms with van der Waals surface area (Å²) in [6.45, 7) is 0. The summed E-state index contributed by atoms with van der Waals surface area (Å²) in [6, 6.07) is 83.3. The summed E-state index contributed by atoms with van der Waals surface area (Å²) in [7, 11) is 0. The summed E-state index contributed by atoms with van der Waals surface area (Å²) in [5, 5.41) is 39.6. The van der Waals surface area contributed by atoms with Gasteiger partial charge in [0, 0.05) is 79.8 Å². The standard InChI is InChI=1S/C74H37N5O3S/c75-38-52-64(51-24-15-23-47-43-19-7-14-31-63(43)83-74(47)51)68(77-54-25-8-1-20-48(54)65-57(77)35-32-44-40-16-4-11-28-60(40)80-71(44)65)53(39-76)70(79-56-27-10-3-22-50(56)67-59(79)37-34-46-42-18-6-13-30-62(42)82-73(46)67)69(52)78-55-26-9-2-21-49(55)66-58(78)36-33-45-41-17-5-12-29-61(41)81-72(45)66/h1-37H. The van der Waals surface area contributed by atoms with Gasteiger partial charge in [-0.3, -0.25) is 0 Å². The van der Waals surface area contributed by atoms with Crippen molar-refractivity contribution in [3.05, 3.63) is 236 Å². The van der Waals surface area contributed by atoms with E-state index in [1.165, 1.54) is 0 Å². The van der Waals surface area contributed by atoms with Gasteiger partial charge in [0.15, 0.2) is 0 Å². The fraction of sp³-hybridized carbons (Fsp3) is 0. The second kappa shape index (κ2) is 16.2. The van der Waals surface area contributed by atoms with Crippen LogP contribution in [-0.4, -0.2) is 13.7 Å². The monoisotopic (exact) mass is 1080 g/mol. The molecular formula is C74H37N5O3S. The van der Waals surface area contributed by atoms with E-state index in [2.05, 4.69) is 184 Å². The minimum absolute atomic E-state index is 0.363. The number of rotatable bonds is 4. The van der Waals surface area contributed by atoms with Gasteiger partial charge >= 0.3 is 0 Å². The van der Waals surface area contributed by atoms with E-state index in [0.29, 0.717) is 33.8 Å². The van der Waals surface area contributed by atoms with Crippen molar-refractivity contribution < 1.29 is 13.3 Å². The molecule has 19 rings (SSSR count). The summed E-state index contributed by atoms with van der Waals surface area (Å²) in [5.74, 6) is 0. The molecule has 7 aromatic heterocycles. The Balaban J connectivity index is 1.09. The van der Waals surface area contributed by atoms with E-state index < -0.39 is 0 Å². The predicted molar refractivity (Wildman–Crippen MR) is 339 cm³/mol. The van der Waals surface area contributed by atoms with Crippen LogP contribution in [0.1, 0.15) is 11.1 Å². The molecule has 0 radical (unpaired) electrons. The normalized spacial score (nSPS) is 12.3. The number of para-hydroxylation sites is 6. The number of nitrogens with zero attached hydrogens (tertiary/aromatic N) is 5. The maximum Gasteiger partial charge on any atom is 0.145 e. The number of hydrogen-bond donors (Lipinski definition) is 0. The Hall–Kier alpha value is -11.4. The average Bonchev–Trinajstić information content (AvgIpc) is 4.28. The van der Waals surface area contributed by atoms with Crippen LogP contribution in [0.2, 0.25) is 0 Å². The predicted octanol–water partition coefficient (Wildman–Crippen LogP) is 20.5. The summed E-state index contributed by atoms with van der Waals surface area (Å²) in [6.07, 6.45) is 0. The van der Waals surface area contributed by atoms with E-state index in [1.54, 1.807) is 11.3 Å². The lowest BCUT2D eigenvalue weighted by molar-refractivity contribution is 0.672. The molecule has 0 spiro atoms. The Morgan fingerprint density at radius 1 is 0.301 bits per heavy atom. The minimum Gasteiger partial charge on any atom is -0.455 e. The van der Waals surface area contributed by atoms with Crippen LogP contribution in [0.4, 0.5) is 0 Å². The largest absolute Gasteiger partial charge is 0.455 e. The number of benzene rings is 12. The molecule has 0 aliphatic carbocycles. The van der Waals surface area contributed by atoms with Crippen molar-refractivity contribution >= 4 is 163 Å². The van der Waals surface area contributed by atoms with Crippen molar-refractivity contribution in [2.45, 2.75) is 0 Å². The molecule has 0 aliphatic heterocycles. The molecular weight excluding hydrogens is 1040 g/mol. The van der Waals surface area contributed by atoms with Crippen LogP contribution in [0, 0.1) is 22.7 Å². The van der Waals surface area contributed by atoms with Crippen molar-refractivity contribution in [1.29, 1.82) is 10.5 Å². The molecule has 0 aliphatic rings. The smallest absolute Gasteiger partial charge is 0.145 e. The van der Waals surface area contributed by atoms with E-state index in [4.69, 9.17) is 13.3 Å². The third-order valence-electron chi connectivity index (χ3n) is 17.5. The third-order valence-corrected chi connectivity index (χ3v) is 18.7. The van der Waals surface area contributed by atoms with Gasteiger partial charge in [0.05, 0.1) is 71.9 Å². The first-order valence-corrected chi connectivity index (χ1v) is 28.4. The highest BCUT2D eigenvalue weighted by Crippen LogP contribution is 2.53. The molecule has 19 aromatic rings. The first-order valence-electron chi connectivity index (χ1n) is 27.6. The van der Waals surface area contributed by atoms with Crippen LogP contribution in [0.5, 0.6) is 0 Å². The van der Waals surface area contributed by atoms with Gasteiger partial charge in [-0.05, 0) is 78.9 Å². The molecule has 8 nitrogen and oxygen atoms in total. The molecule has 0 saturated heterocycles. The zero-order valence-electron chi connectivity index (χ0n) is 43.7. The van der Waals surface area contributed by atoms with E-state index >= 15 is 0 Å². The highest BCUT2D eigenvalue weighted by molar-refractivity contribution is 7.26. The minimum atomic E-state index is 0.363. The van der Waals surface area contributed by atoms with Gasteiger partial charge in [0.2, 0.25) is 0 Å². The fourth-order valence-electron chi connectivity index (χ4n) is 14.2. The van der Waals surface area contributed by atoms with Gasteiger partial charge in [-0.25, -0.2) is 0 Å². The quantitative estimate of drug-likeness (QED) is 0.175. The maximum atomic E-state index is 12.9. The first kappa shape index (κ1) is 44.5. The molecule has 0 fully saturated rings. The SMILES string of the molecule is N#Cc1c(-c2cccc3c2sc2ccccc23)c(-n2c3ccccc3c3c4oc5ccccc5c4ccc32)c(C#N)c(-n2c3ccccc3c3c4oc5ccccc5c4ccc32)c1-n1c2ccccc2c2c3oc4ccccc4c3ccc21. The summed E-state index contributed by atoms with van der Waals surface area (Å²) >= 11 is 1.70. The Morgan fingerprint density at radius 3 is 1.13 bits per heavy atom. The zero-order valence-corrected chi connectivity index (χ0v) is 44.5. The lowest BCUT2D eigenvalue weighted by Gasteiger charge is -2.26. The van der Waals surface area contributed by atoms with Crippen molar-refractivity contribution in [3.63, 3.8) is 0 Å². The number of furan rings is 3. The summed E-state index contributed by atoms with van der Waals surface area (Å²) in [5.41, 5.74) is 13.5. The molecule has 0 amide bonds. The average molecular weight is 1080 g/mol. The van der Waals surface area contributed by atoms with Crippen LogP contribution >= 0.6 is 11.3 Å². The van der Waals surface area contributed by atoms with E-state index in [9.17, 15) is 10.5 Å². The van der Waals surface area contributed by atoms with Crippen LogP contribution in [0.15, 0.2) is 238 Å². The number of aromatic nitrogens is 3. The third kappa shape index (κ3) is 5.65. The number of fused-ring (bicyclic) bond motifs is 24. The summed E-state index contributed by atoms with van der Waals surface area (Å²) < 4.78 is 29.6. The Bertz CT molecular complexity index is 6240. The van der Waals surface area contributed by atoms with Crippen LogP contribution in [-0.2, 0) is 0 Å². The number of nitriles is 2. The van der Waals surface area contributed by atoms with Crippen molar-refractivity contribution in [2.75, 3.05) is 0 Å². The Labute approximate surface area is 473 Å². The fourth-order valence-corrected chi connectivity index (χ4v) is 15.4. The van der Waals surface area contributed by atoms with Crippen LogP contribution < -0.4 is 0 Å². The summed E-state index contributed by atoms with van der Waals surface area (Å²) in [4.78, 5) is 0. The molecule has 83 heavy (non-hydrogen) atoms. The molecule has 12 aromatic carbocycles. The first-order chi connectivity index (χ1) is 41.1. The molecule has 0 saturated carbocycles. The van der Waals surface area contributed by atoms with Gasteiger partial charge in [-0.1, -0.05) is 146 Å². The highest BCUT2D eigenvalue weighted by Gasteiger charge is 2.35. The molecule has 0 N–H and O–H groups in total. The molecule has 9 heteroatoms. The topological polar surface area (TPSA) is 102 Å². The number of hydrogen-bond acceptors (Lipinski definition) is 6. The van der Waals surface area contributed by atoms with Gasteiger partial charge in [0.1, 0.15) is 51.2 Å². The maximum absolute atomic E-state index is 12.9. The van der Waals surface area contributed by atoms with Gasteiger partial charge in [-0.2, -0.15) is 10.5 Å². The van der Waals surface area contributed by atoms with E-state index in [1.807, 2.05) is 66.7 Å². The van der Waals surface area contributed by atoms with Gasteiger partial charge in [0.25, 0.3) is 0 Å². The number of thiophene rings is 1. The van der Waals surface area contributed by atoms with Crippen molar-refractivity contribution in [3.8, 4) is 40.3 Å². The molecule has 0 unspecified atom stereocenters. The Morgan fingerprint density at radius 2 is 0.675 bits per heavy atom. The van der Waals surface area contributed by atoms with E-state index in [0.717, 1.165) is 157 Å². The van der Waals surface area contributed by atoms with Gasteiger partial charge < -0.3 is 27.0 Å². The Kier molecular flexibility index (Phi) is 8.66. The van der Waals surface area contributed by atoms with E-state index in [-0.39, 0.29) is 0 Å². The van der Waals surface area contributed by atoms with Crippen molar-refractivity contribution in [1.82, 2.24) is 13.7 Å². The zero-order chi connectivity index (χ0) is 54.3. The second-order valence-electron chi connectivity index (χ2n) is 21.5. The molecule has 7 heterocycles. The lowest BCUT2D eigenvalue weighted by Crippen LogP contribution is -2.14. The molecule has 0 bridgehead atoms. The lowest BCUT2D eigenvalue weighted by atomic mass is 9.90. The highest BCUT2D eigenvalue weighted by atomic mass is 32.1. The molecule has 0 atom stereocenters. The van der Waals surface area contributed by atoms with Crippen LogP contribution in [0.25, 0.3) is 180 Å². The van der Waals surface area contributed by atoms with Crippen LogP contribution in [0.3, 0.4) is 0 Å².